The minimum Gasteiger partial charge on any atom is -0.347 e. The summed E-state index contributed by atoms with van der Waals surface area (Å²) >= 11 is 0. The van der Waals surface area contributed by atoms with Crippen molar-refractivity contribution < 1.29 is 9.59 Å². The summed E-state index contributed by atoms with van der Waals surface area (Å²) in [5.41, 5.74) is 3.05. The summed E-state index contributed by atoms with van der Waals surface area (Å²) in [6.45, 7) is 2.02. The molecule has 1 aliphatic rings. The maximum atomic E-state index is 12.3. The molecule has 1 aliphatic heterocycles. The van der Waals surface area contributed by atoms with Gasteiger partial charge in [0.15, 0.2) is 0 Å². The molecule has 2 aromatic rings. The molecule has 0 spiro atoms. The van der Waals surface area contributed by atoms with Gasteiger partial charge in [-0.3, -0.25) is 14.3 Å². The van der Waals surface area contributed by atoms with Gasteiger partial charge in [-0.2, -0.15) is 5.10 Å². The summed E-state index contributed by atoms with van der Waals surface area (Å²) in [5, 5.41) is 10.1. The van der Waals surface area contributed by atoms with E-state index in [-0.39, 0.29) is 23.9 Å². The summed E-state index contributed by atoms with van der Waals surface area (Å²) in [6.07, 6.45) is 7.91. The van der Waals surface area contributed by atoms with Crippen LogP contribution in [0.2, 0.25) is 0 Å². The summed E-state index contributed by atoms with van der Waals surface area (Å²) in [7, 11) is 1.83. The van der Waals surface area contributed by atoms with E-state index in [2.05, 4.69) is 15.7 Å². The first-order valence-corrected chi connectivity index (χ1v) is 8.34. The lowest BCUT2D eigenvalue weighted by Crippen LogP contribution is -2.49. The number of benzene rings is 1. The monoisotopic (exact) mass is 338 g/mol. The molecule has 0 aliphatic carbocycles. The lowest BCUT2D eigenvalue weighted by Gasteiger charge is -2.32. The van der Waals surface area contributed by atoms with Gasteiger partial charge in [0.25, 0.3) is 0 Å². The van der Waals surface area contributed by atoms with Crippen LogP contribution in [0.1, 0.15) is 35.6 Å². The number of amides is 2. The van der Waals surface area contributed by atoms with Gasteiger partial charge in [-0.05, 0) is 25.0 Å². The smallest absolute Gasteiger partial charge is 0.244 e. The summed E-state index contributed by atoms with van der Waals surface area (Å²) in [4.78, 5) is 24.0. The van der Waals surface area contributed by atoms with E-state index < -0.39 is 0 Å². The van der Waals surface area contributed by atoms with E-state index in [4.69, 9.17) is 0 Å². The number of hydrogen-bond acceptors (Lipinski definition) is 3. The van der Waals surface area contributed by atoms with E-state index in [0.717, 1.165) is 11.1 Å². The quantitative estimate of drug-likeness (QED) is 0.836. The highest BCUT2D eigenvalue weighted by Crippen LogP contribution is 2.23. The molecule has 0 saturated carbocycles. The van der Waals surface area contributed by atoms with Gasteiger partial charge < -0.3 is 10.6 Å². The van der Waals surface area contributed by atoms with Crippen LogP contribution in [0.5, 0.6) is 0 Å². The van der Waals surface area contributed by atoms with Crippen LogP contribution >= 0.6 is 0 Å². The van der Waals surface area contributed by atoms with Gasteiger partial charge in [0.1, 0.15) is 0 Å². The van der Waals surface area contributed by atoms with Crippen molar-refractivity contribution in [2.75, 3.05) is 0 Å². The van der Waals surface area contributed by atoms with E-state index in [1.807, 2.05) is 44.4 Å². The van der Waals surface area contributed by atoms with Crippen LogP contribution in [0, 0.1) is 6.92 Å². The van der Waals surface area contributed by atoms with E-state index in [1.165, 1.54) is 11.6 Å². The molecule has 2 amide bonds. The van der Waals surface area contributed by atoms with E-state index in [1.54, 1.807) is 17.0 Å². The Bertz CT molecular complexity index is 792. The number of hydrogen-bond donors (Lipinski definition) is 2. The molecule has 130 valence electrons. The Morgan fingerprint density at radius 3 is 2.80 bits per heavy atom. The highest BCUT2D eigenvalue weighted by Gasteiger charge is 2.31. The molecule has 2 heterocycles. The molecular weight excluding hydrogens is 316 g/mol. The number of aromatic nitrogens is 2. The first kappa shape index (κ1) is 17.0. The van der Waals surface area contributed by atoms with Crippen molar-refractivity contribution in [3.05, 3.63) is 59.4 Å². The molecule has 25 heavy (non-hydrogen) atoms. The topological polar surface area (TPSA) is 76.0 Å². The maximum absolute atomic E-state index is 12.3. The second kappa shape index (κ2) is 7.34. The highest BCUT2D eigenvalue weighted by atomic mass is 16.2. The van der Waals surface area contributed by atoms with Gasteiger partial charge in [-0.15, -0.1) is 0 Å². The molecule has 3 rings (SSSR count). The van der Waals surface area contributed by atoms with Crippen LogP contribution in [-0.2, 0) is 16.6 Å². The Kier molecular flexibility index (Phi) is 4.97. The van der Waals surface area contributed by atoms with Crippen LogP contribution < -0.4 is 10.6 Å². The molecule has 0 unspecified atom stereocenters. The first-order chi connectivity index (χ1) is 12.0. The van der Waals surface area contributed by atoms with Gasteiger partial charge in [-0.1, -0.05) is 29.8 Å². The minimum absolute atomic E-state index is 0.00505. The number of rotatable bonds is 4. The number of nitrogens with one attached hydrogen (secondary N) is 2. The van der Waals surface area contributed by atoms with E-state index >= 15 is 0 Å². The summed E-state index contributed by atoms with van der Waals surface area (Å²) < 4.78 is 1.69. The Morgan fingerprint density at radius 1 is 1.36 bits per heavy atom. The van der Waals surface area contributed by atoms with Crippen LogP contribution in [0.3, 0.4) is 0 Å². The third-order valence-corrected chi connectivity index (χ3v) is 4.32. The van der Waals surface area contributed by atoms with Crippen LogP contribution in [0.15, 0.2) is 42.7 Å². The van der Waals surface area contributed by atoms with Crippen LogP contribution in [0.25, 0.3) is 6.08 Å². The van der Waals surface area contributed by atoms with E-state index in [9.17, 15) is 9.59 Å². The zero-order valence-electron chi connectivity index (χ0n) is 14.4. The fraction of sp³-hybridized carbons (Fsp3) is 0.316. The molecule has 1 aromatic heterocycles. The SMILES string of the molecule is Cc1ccc(/C=C\C(=O)N[C@H]2CCC(=O)N[C@H]2c2cnn(C)c2)cc1. The van der Waals surface area contributed by atoms with Crippen molar-refractivity contribution in [1.29, 1.82) is 0 Å². The number of carbonyl (C=O) groups is 2. The Labute approximate surface area is 146 Å². The Balaban J connectivity index is 1.67. The standard InChI is InChI=1S/C19H22N4O2/c1-13-3-5-14(6-4-13)7-9-17(24)21-16-8-10-18(25)22-19(16)15-11-20-23(2)12-15/h3-7,9,11-12,16,19H,8,10H2,1-2H3,(H,21,24)(H,22,25)/b9-7-/t16-,19-/m0/s1. The molecule has 2 N–H and O–H groups in total. The average molecular weight is 338 g/mol. The minimum atomic E-state index is -0.258. The lowest BCUT2D eigenvalue weighted by molar-refractivity contribution is -0.125. The number of aryl methyl sites for hydroxylation is 2. The molecular formula is C19H22N4O2. The molecule has 6 heteroatoms. The van der Waals surface area contributed by atoms with Crippen molar-refractivity contribution in [2.24, 2.45) is 7.05 Å². The van der Waals surface area contributed by atoms with Crippen molar-refractivity contribution in [2.45, 2.75) is 31.8 Å². The summed E-state index contributed by atoms with van der Waals surface area (Å²) in [6, 6.07) is 7.54. The molecule has 0 radical (unpaired) electrons. The van der Waals surface area contributed by atoms with Crippen molar-refractivity contribution >= 4 is 17.9 Å². The van der Waals surface area contributed by atoms with Gasteiger partial charge >= 0.3 is 0 Å². The fourth-order valence-electron chi connectivity index (χ4n) is 2.95. The largest absolute Gasteiger partial charge is 0.347 e. The first-order valence-electron chi connectivity index (χ1n) is 8.34. The molecule has 0 bridgehead atoms. The third kappa shape index (κ3) is 4.35. The molecule has 6 nitrogen and oxygen atoms in total. The number of carbonyl (C=O) groups excluding carboxylic acids is 2. The lowest BCUT2D eigenvalue weighted by atomic mass is 9.93. The average Bonchev–Trinajstić information content (AvgIpc) is 3.02. The predicted molar refractivity (Wildman–Crippen MR) is 95.5 cm³/mol. The molecule has 1 aromatic carbocycles. The van der Waals surface area contributed by atoms with Crippen molar-refractivity contribution in [3.63, 3.8) is 0 Å². The van der Waals surface area contributed by atoms with Crippen LogP contribution in [-0.4, -0.2) is 27.6 Å². The van der Waals surface area contributed by atoms with Crippen molar-refractivity contribution in [3.8, 4) is 0 Å². The second-order valence-corrected chi connectivity index (χ2v) is 6.39. The Morgan fingerprint density at radius 2 is 2.12 bits per heavy atom. The zero-order valence-corrected chi connectivity index (χ0v) is 14.4. The normalized spacial score (nSPS) is 20.5. The number of nitrogens with zero attached hydrogens (tertiary/aromatic N) is 2. The zero-order chi connectivity index (χ0) is 17.8. The third-order valence-electron chi connectivity index (χ3n) is 4.32. The molecule has 1 saturated heterocycles. The Hall–Kier alpha value is -2.89. The molecule has 2 atom stereocenters. The second-order valence-electron chi connectivity index (χ2n) is 6.39. The van der Waals surface area contributed by atoms with Crippen LogP contribution in [0.4, 0.5) is 0 Å². The highest BCUT2D eigenvalue weighted by molar-refractivity contribution is 5.92. The maximum Gasteiger partial charge on any atom is 0.244 e. The van der Waals surface area contributed by atoms with Gasteiger partial charge in [0, 0.05) is 31.3 Å². The van der Waals surface area contributed by atoms with Crippen molar-refractivity contribution in [1.82, 2.24) is 20.4 Å². The molecule has 1 fully saturated rings. The van der Waals surface area contributed by atoms with Gasteiger partial charge in [0.05, 0.1) is 18.3 Å². The fourth-order valence-corrected chi connectivity index (χ4v) is 2.95. The van der Waals surface area contributed by atoms with Gasteiger partial charge in [-0.25, -0.2) is 0 Å². The van der Waals surface area contributed by atoms with Gasteiger partial charge in [0.2, 0.25) is 11.8 Å². The number of piperidine rings is 1. The predicted octanol–water partition coefficient (Wildman–Crippen LogP) is 1.88. The summed E-state index contributed by atoms with van der Waals surface area (Å²) in [5.74, 6) is -0.176. The van der Waals surface area contributed by atoms with E-state index in [0.29, 0.717) is 12.8 Å².